The Hall–Kier alpha value is -1.56. The lowest BCUT2D eigenvalue weighted by molar-refractivity contribution is -0.142. The minimum absolute atomic E-state index is 0.302. The largest absolute Gasteiger partial charge is 0.480 e. The molecule has 0 bridgehead atoms. The zero-order valence-electron chi connectivity index (χ0n) is 10.3. The number of carboxylic acids is 1. The Morgan fingerprint density at radius 1 is 1.32 bits per heavy atom. The molecule has 1 fully saturated rings. The number of carbonyl (C=O) groups is 2. The molecule has 0 aliphatic heterocycles. The number of carboxylic acid groups (broad SMARTS) is 1. The van der Waals surface area contributed by atoms with Gasteiger partial charge in [0.05, 0.1) is 5.56 Å². The van der Waals surface area contributed by atoms with Gasteiger partial charge in [0.25, 0.3) is 5.91 Å². The van der Waals surface area contributed by atoms with Crippen molar-refractivity contribution < 1.29 is 14.7 Å². The number of benzene rings is 1. The van der Waals surface area contributed by atoms with Crippen molar-refractivity contribution in [2.45, 2.75) is 31.2 Å². The van der Waals surface area contributed by atoms with Crippen LogP contribution in [0, 0.1) is 0 Å². The fourth-order valence-corrected chi connectivity index (χ4v) is 2.82. The van der Waals surface area contributed by atoms with Crippen molar-refractivity contribution >= 4 is 33.5 Å². The Kier molecular flexibility index (Phi) is 3.80. The Morgan fingerprint density at radius 3 is 2.47 bits per heavy atom. The summed E-state index contributed by atoms with van der Waals surface area (Å²) in [5, 5.41) is 12.4. The van der Waals surface area contributed by atoms with E-state index in [1.165, 1.54) is 0 Å². The molecule has 19 heavy (non-hydrogen) atoms. The van der Waals surface area contributed by atoms with Crippen molar-refractivity contribution in [2.75, 3.05) is 5.32 Å². The van der Waals surface area contributed by atoms with Gasteiger partial charge >= 0.3 is 5.97 Å². The Morgan fingerprint density at radius 2 is 1.95 bits per heavy atom. The molecule has 1 amide bonds. The number of amides is 1. The van der Waals surface area contributed by atoms with Crippen molar-refractivity contribution in [3.05, 3.63) is 28.2 Å². The van der Waals surface area contributed by atoms with Crippen LogP contribution in [0.4, 0.5) is 5.69 Å². The molecule has 0 saturated heterocycles. The SMILES string of the molecule is NC(=O)c1ccc(Br)cc1NC1(C(=O)O)CCCC1. The first-order valence-corrected chi connectivity index (χ1v) is 6.85. The van der Waals surface area contributed by atoms with Gasteiger partial charge in [0.1, 0.15) is 5.54 Å². The molecule has 4 N–H and O–H groups in total. The first-order valence-electron chi connectivity index (χ1n) is 6.05. The third kappa shape index (κ3) is 2.73. The van der Waals surface area contributed by atoms with Crippen LogP contribution in [0.1, 0.15) is 36.0 Å². The molecule has 1 aromatic carbocycles. The van der Waals surface area contributed by atoms with Crippen LogP contribution in [0.2, 0.25) is 0 Å². The minimum atomic E-state index is -0.995. The average molecular weight is 327 g/mol. The molecule has 0 heterocycles. The lowest BCUT2D eigenvalue weighted by Crippen LogP contribution is -2.44. The number of halogens is 1. The van der Waals surface area contributed by atoms with Gasteiger partial charge in [0.15, 0.2) is 0 Å². The van der Waals surface area contributed by atoms with Crippen molar-refractivity contribution in [3.8, 4) is 0 Å². The molecule has 1 saturated carbocycles. The van der Waals surface area contributed by atoms with Crippen LogP contribution in [0.25, 0.3) is 0 Å². The summed E-state index contributed by atoms with van der Waals surface area (Å²) in [5.74, 6) is -1.46. The number of hydrogen-bond acceptors (Lipinski definition) is 3. The summed E-state index contributed by atoms with van der Waals surface area (Å²) < 4.78 is 0.763. The van der Waals surface area contributed by atoms with E-state index in [0.29, 0.717) is 24.1 Å². The van der Waals surface area contributed by atoms with Crippen LogP contribution in [0.15, 0.2) is 22.7 Å². The summed E-state index contributed by atoms with van der Waals surface area (Å²) in [6, 6.07) is 4.97. The maximum atomic E-state index is 11.5. The van der Waals surface area contributed by atoms with Crippen molar-refractivity contribution in [2.24, 2.45) is 5.73 Å². The molecular weight excluding hydrogens is 312 g/mol. The van der Waals surface area contributed by atoms with Gasteiger partial charge in [-0.15, -0.1) is 0 Å². The number of aliphatic carboxylic acids is 1. The van der Waals surface area contributed by atoms with Gasteiger partial charge in [0, 0.05) is 10.2 Å². The number of primary amides is 1. The Bertz CT molecular complexity index is 525. The molecule has 1 aromatic rings. The van der Waals surface area contributed by atoms with E-state index in [1.807, 2.05) is 0 Å². The Labute approximate surface area is 119 Å². The molecule has 0 aromatic heterocycles. The molecule has 6 heteroatoms. The fourth-order valence-electron chi connectivity index (χ4n) is 2.46. The van der Waals surface area contributed by atoms with E-state index in [-0.39, 0.29) is 0 Å². The summed E-state index contributed by atoms with van der Waals surface area (Å²) >= 11 is 3.31. The van der Waals surface area contributed by atoms with Gasteiger partial charge in [-0.05, 0) is 31.0 Å². The molecule has 5 nitrogen and oxygen atoms in total. The molecule has 1 aliphatic rings. The lowest BCUT2D eigenvalue weighted by atomic mass is 9.96. The fraction of sp³-hybridized carbons (Fsp3) is 0.385. The topological polar surface area (TPSA) is 92.4 Å². The second kappa shape index (κ2) is 5.21. The third-order valence-electron chi connectivity index (χ3n) is 3.49. The molecule has 102 valence electrons. The molecule has 1 aliphatic carbocycles. The maximum absolute atomic E-state index is 11.5. The standard InChI is InChI=1S/C13H15BrN2O3/c14-8-3-4-9(11(15)17)10(7-8)16-13(12(18)19)5-1-2-6-13/h3-4,7,16H,1-2,5-6H2,(H2,15,17)(H,18,19). The number of carbonyl (C=O) groups excluding carboxylic acids is 1. The summed E-state index contributed by atoms with van der Waals surface area (Å²) in [6.45, 7) is 0. The number of hydrogen-bond donors (Lipinski definition) is 3. The monoisotopic (exact) mass is 326 g/mol. The number of nitrogens with one attached hydrogen (secondary N) is 1. The highest BCUT2D eigenvalue weighted by Gasteiger charge is 2.41. The van der Waals surface area contributed by atoms with Gasteiger partial charge in [0.2, 0.25) is 0 Å². The van der Waals surface area contributed by atoms with E-state index >= 15 is 0 Å². The Balaban J connectivity index is 2.39. The van der Waals surface area contributed by atoms with Crippen LogP contribution in [-0.2, 0) is 4.79 Å². The zero-order valence-corrected chi connectivity index (χ0v) is 11.9. The van der Waals surface area contributed by atoms with Gasteiger partial charge in [-0.25, -0.2) is 4.79 Å². The molecule has 0 atom stereocenters. The van der Waals surface area contributed by atoms with E-state index < -0.39 is 17.4 Å². The molecule has 0 radical (unpaired) electrons. The van der Waals surface area contributed by atoms with Crippen LogP contribution in [0.3, 0.4) is 0 Å². The van der Waals surface area contributed by atoms with E-state index in [4.69, 9.17) is 5.73 Å². The number of nitrogens with two attached hydrogens (primary N) is 1. The van der Waals surface area contributed by atoms with Gasteiger partial charge < -0.3 is 16.2 Å². The summed E-state index contributed by atoms with van der Waals surface area (Å²) in [5.41, 5.74) is 5.09. The van der Waals surface area contributed by atoms with Gasteiger partial charge in [-0.1, -0.05) is 28.8 Å². The quantitative estimate of drug-likeness (QED) is 0.791. The normalized spacial score (nSPS) is 17.1. The van der Waals surface area contributed by atoms with Crippen molar-refractivity contribution in [3.63, 3.8) is 0 Å². The molecule has 0 unspecified atom stereocenters. The highest BCUT2D eigenvalue weighted by Crippen LogP contribution is 2.35. The van der Waals surface area contributed by atoms with E-state index in [2.05, 4.69) is 21.2 Å². The summed E-state index contributed by atoms with van der Waals surface area (Å²) in [6.07, 6.45) is 2.82. The second-order valence-electron chi connectivity index (χ2n) is 4.77. The molecule has 0 spiro atoms. The second-order valence-corrected chi connectivity index (χ2v) is 5.69. The molecule has 2 rings (SSSR count). The van der Waals surface area contributed by atoms with Crippen LogP contribution < -0.4 is 11.1 Å². The average Bonchev–Trinajstić information content (AvgIpc) is 2.78. The first kappa shape index (κ1) is 13.9. The molecular formula is C13H15BrN2O3. The van der Waals surface area contributed by atoms with Gasteiger partial charge in [-0.2, -0.15) is 0 Å². The maximum Gasteiger partial charge on any atom is 0.329 e. The van der Waals surface area contributed by atoms with Crippen LogP contribution >= 0.6 is 15.9 Å². The van der Waals surface area contributed by atoms with Crippen LogP contribution in [0.5, 0.6) is 0 Å². The first-order chi connectivity index (χ1) is 8.94. The van der Waals surface area contributed by atoms with Crippen LogP contribution in [-0.4, -0.2) is 22.5 Å². The van der Waals surface area contributed by atoms with E-state index in [1.54, 1.807) is 18.2 Å². The van der Waals surface area contributed by atoms with E-state index in [0.717, 1.165) is 17.3 Å². The number of anilines is 1. The van der Waals surface area contributed by atoms with E-state index in [9.17, 15) is 14.7 Å². The smallest absolute Gasteiger partial charge is 0.329 e. The third-order valence-corrected chi connectivity index (χ3v) is 3.98. The van der Waals surface area contributed by atoms with Gasteiger partial charge in [-0.3, -0.25) is 4.79 Å². The predicted octanol–water partition coefficient (Wildman–Crippen LogP) is 2.36. The minimum Gasteiger partial charge on any atom is -0.480 e. The van der Waals surface area contributed by atoms with Crippen molar-refractivity contribution in [1.82, 2.24) is 0 Å². The highest BCUT2D eigenvalue weighted by molar-refractivity contribution is 9.10. The summed E-state index contributed by atoms with van der Waals surface area (Å²) in [7, 11) is 0. The predicted molar refractivity (Wildman–Crippen MR) is 75.1 cm³/mol. The van der Waals surface area contributed by atoms with Crippen molar-refractivity contribution in [1.29, 1.82) is 0 Å². The summed E-state index contributed by atoms with van der Waals surface area (Å²) in [4.78, 5) is 22.9. The number of rotatable bonds is 4. The lowest BCUT2D eigenvalue weighted by Gasteiger charge is -2.27. The highest BCUT2D eigenvalue weighted by atomic mass is 79.9. The zero-order chi connectivity index (χ0) is 14.0.